The number of nitrogens with one attached hydrogen (secondary N) is 2. The fraction of sp³-hybridized carbons (Fsp3) is 0.765. The molecule has 1 aromatic heterocycles. The summed E-state index contributed by atoms with van der Waals surface area (Å²) in [5.74, 6) is 0.193. The summed E-state index contributed by atoms with van der Waals surface area (Å²) in [5, 5.41) is 19.9. The molecule has 130 valence electrons. The van der Waals surface area contributed by atoms with Crippen LogP contribution in [0.3, 0.4) is 0 Å². The van der Waals surface area contributed by atoms with Gasteiger partial charge in [-0.25, -0.2) is 4.79 Å². The summed E-state index contributed by atoms with van der Waals surface area (Å²) in [5.41, 5.74) is 2.17. The second kappa shape index (κ2) is 8.91. The van der Waals surface area contributed by atoms with Crippen molar-refractivity contribution in [3.05, 3.63) is 17.5 Å². The number of aliphatic hydroxyl groups is 1. The van der Waals surface area contributed by atoms with E-state index in [2.05, 4.69) is 21.8 Å². The zero-order valence-electron chi connectivity index (χ0n) is 14.3. The Bertz CT molecular complexity index is 501. The van der Waals surface area contributed by atoms with Gasteiger partial charge in [0.15, 0.2) is 0 Å². The van der Waals surface area contributed by atoms with Crippen molar-refractivity contribution in [2.45, 2.75) is 65.0 Å². The second-order valence-electron chi connectivity index (χ2n) is 6.59. The molecule has 1 aliphatic carbocycles. The molecule has 23 heavy (non-hydrogen) atoms. The highest BCUT2D eigenvalue weighted by Crippen LogP contribution is 2.23. The van der Waals surface area contributed by atoms with Crippen LogP contribution in [-0.2, 0) is 6.54 Å². The van der Waals surface area contributed by atoms with Gasteiger partial charge in [-0.05, 0) is 39.2 Å². The SMILES string of the molecule is Cc1cc(C)n(CCCNC(=O)NC2CCCCCC2CO)n1. The van der Waals surface area contributed by atoms with Crippen LogP contribution in [0.25, 0.3) is 0 Å². The fourth-order valence-corrected chi connectivity index (χ4v) is 3.34. The first-order valence-corrected chi connectivity index (χ1v) is 8.76. The van der Waals surface area contributed by atoms with Crippen molar-refractivity contribution in [3.8, 4) is 0 Å². The van der Waals surface area contributed by atoms with Crippen LogP contribution in [0, 0.1) is 19.8 Å². The van der Waals surface area contributed by atoms with Gasteiger partial charge in [0.2, 0.25) is 0 Å². The number of carbonyl (C=O) groups excluding carboxylic acids is 1. The van der Waals surface area contributed by atoms with E-state index in [1.165, 1.54) is 6.42 Å². The molecule has 1 aliphatic rings. The molecule has 1 fully saturated rings. The molecule has 1 aromatic rings. The normalized spacial score (nSPS) is 21.7. The molecule has 0 aromatic carbocycles. The van der Waals surface area contributed by atoms with Gasteiger partial charge in [0.25, 0.3) is 0 Å². The number of urea groups is 1. The molecule has 2 unspecified atom stereocenters. The van der Waals surface area contributed by atoms with Crippen LogP contribution in [0.4, 0.5) is 4.79 Å². The Kier molecular flexibility index (Phi) is 6.89. The Balaban J connectivity index is 1.69. The average molecular weight is 322 g/mol. The van der Waals surface area contributed by atoms with Crippen LogP contribution < -0.4 is 10.6 Å². The average Bonchev–Trinajstić information content (AvgIpc) is 2.72. The lowest BCUT2D eigenvalue weighted by Gasteiger charge is -2.24. The van der Waals surface area contributed by atoms with Crippen LogP contribution >= 0.6 is 0 Å². The van der Waals surface area contributed by atoms with E-state index >= 15 is 0 Å². The molecular weight excluding hydrogens is 292 g/mol. The minimum Gasteiger partial charge on any atom is -0.396 e. The smallest absolute Gasteiger partial charge is 0.315 e. The molecule has 2 atom stereocenters. The van der Waals surface area contributed by atoms with E-state index in [1.54, 1.807) is 0 Å². The largest absolute Gasteiger partial charge is 0.396 e. The van der Waals surface area contributed by atoms with Crippen LogP contribution in [0.5, 0.6) is 0 Å². The van der Waals surface area contributed by atoms with Gasteiger partial charge in [0, 0.05) is 37.4 Å². The summed E-state index contributed by atoms with van der Waals surface area (Å²) in [6, 6.07) is 2.03. The molecule has 0 spiro atoms. The lowest BCUT2D eigenvalue weighted by atomic mass is 9.96. The maximum absolute atomic E-state index is 12.0. The van der Waals surface area contributed by atoms with Gasteiger partial charge >= 0.3 is 6.03 Å². The van der Waals surface area contributed by atoms with Crippen molar-refractivity contribution in [1.82, 2.24) is 20.4 Å². The fourth-order valence-electron chi connectivity index (χ4n) is 3.34. The topological polar surface area (TPSA) is 79.2 Å². The van der Waals surface area contributed by atoms with Crippen LogP contribution in [0.2, 0.25) is 0 Å². The van der Waals surface area contributed by atoms with Crippen molar-refractivity contribution < 1.29 is 9.90 Å². The first kappa shape index (κ1) is 17.8. The number of hydrogen-bond donors (Lipinski definition) is 3. The number of aliphatic hydroxyl groups excluding tert-OH is 1. The first-order valence-electron chi connectivity index (χ1n) is 8.76. The standard InChI is InChI=1S/C17H30N4O2/c1-13-11-14(2)21(20-13)10-6-9-18-17(23)19-16-8-5-3-4-7-15(16)12-22/h11,15-16,22H,3-10,12H2,1-2H3,(H2,18,19,23). The first-order chi connectivity index (χ1) is 11.1. The molecule has 0 saturated heterocycles. The van der Waals surface area contributed by atoms with Gasteiger partial charge in [0.1, 0.15) is 0 Å². The number of aromatic nitrogens is 2. The molecule has 2 amide bonds. The Morgan fingerprint density at radius 2 is 2.13 bits per heavy atom. The van der Waals surface area contributed by atoms with Crippen molar-refractivity contribution >= 4 is 6.03 Å². The van der Waals surface area contributed by atoms with Gasteiger partial charge in [-0.1, -0.05) is 19.3 Å². The third-order valence-corrected chi connectivity index (χ3v) is 4.65. The zero-order valence-corrected chi connectivity index (χ0v) is 14.3. The van der Waals surface area contributed by atoms with Gasteiger partial charge in [-0.2, -0.15) is 5.10 Å². The van der Waals surface area contributed by atoms with Crippen LogP contribution in [0.15, 0.2) is 6.07 Å². The summed E-state index contributed by atoms with van der Waals surface area (Å²) < 4.78 is 1.97. The minimum absolute atomic E-state index is 0.0958. The van der Waals surface area contributed by atoms with E-state index in [0.717, 1.165) is 50.0 Å². The predicted molar refractivity (Wildman–Crippen MR) is 90.3 cm³/mol. The molecule has 0 radical (unpaired) electrons. The number of nitrogens with zero attached hydrogens (tertiary/aromatic N) is 2. The quantitative estimate of drug-likeness (QED) is 0.554. The second-order valence-corrected chi connectivity index (χ2v) is 6.59. The van der Waals surface area contributed by atoms with E-state index in [9.17, 15) is 9.90 Å². The van der Waals surface area contributed by atoms with Crippen molar-refractivity contribution in [2.24, 2.45) is 5.92 Å². The maximum Gasteiger partial charge on any atom is 0.315 e. The Labute approximate surface area is 138 Å². The molecule has 0 aliphatic heterocycles. The molecule has 1 saturated carbocycles. The summed E-state index contributed by atoms with van der Waals surface area (Å²) in [4.78, 5) is 12.0. The minimum atomic E-state index is -0.122. The lowest BCUT2D eigenvalue weighted by Crippen LogP contribution is -2.46. The number of rotatable bonds is 6. The summed E-state index contributed by atoms with van der Waals surface area (Å²) >= 11 is 0. The number of hydrogen-bond acceptors (Lipinski definition) is 3. The highest BCUT2D eigenvalue weighted by atomic mass is 16.3. The van der Waals surface area contributed by atoms with Crippen LogP contribution in [0.1, 0.15) is 49.9 Å². The Morgan fingerprint density at radius 3 is 2.83 bits per heavy atom. The maximum atomic E-state index is 12.0. The molecule has 6 nitrogen and oxygen atoms in total. The van der Waals surface area contributed by atoms with Gasteiger partial charge < -0.3 is 15.7 Å². The summed E-state index contributed by atoms with van der Waals surface area (Å²) in [6.45, 7) is 5.62. The summed E-state index contributed by atoms with van der Waals surface area (Å²) in [6.07, 6.45) is 6.28. The third-order valence-electron chi connectivity index (χ3n) is 4.65. The zero-order chi connectivity index (χ0) is 16.7. The van der Waals surface area contributed by atoms with E-state index < -0.39 is 0 Å². The van der Waals surface area contributed by atoms with E-state index in [4.69, 9.17) is 0 Å². The van der Waals surface area contributed by atoms with E-state index in [1.807, 2.05) is 18.5 Å². The van der Waals surface area contributed by atoms with Crippen LogP contribution in [-0.4, -0.2) is 40.1 Å². The lowest BCUT2D eigenvalue weighted by molar-refractivity contribution is 0.179. The Morgan fingerprint density at radius 1 is 1.35 bits per heavy atom. The van der Waals surface area contributed by atoms with Crippen molar-refractivity contribution in [2.75, 3.05) is 13.2 Å². The number of carbonyl (C=O) groups is 1. The van der Waals surface area contributed by atoms with Gasteiger partial charge in [-0.15, -0.1) is 0 Å². The molecule has 6 heteroatoms. The van der Waals surface area contributed by atoms with E-state index in [0.29, 0.717) is 6.54 Å². The monoisotopic (exact) mass is 322 g/mol. The van der Waals surface area contributed by atoms with Gasteiger partial charge in [-0.3, -0.25) is 4.68 Å². The highest BCUT2D eigenvalue weighted by molar-refractivity contribution is 5.74. The van der Waals surface area contributed by atoms with E-state index in [-0.39, 0.29) is 24.6 Å². The number of amides is 2. The van der Waals surface area contributed by atoms with Crippen molar-refractivity contribution in [1.29, 1.82) is 0 Å². The van der Waals surface area contributed by atoms with Gasteiger partial charge in [0.05, 0.1) is 5.69 Å². The highest BCUT2D eigenvalue weighted by Gasteiger charge is 2.24. The summed E-state index contributed by atoms with van der Waals surface area (Å²) in [7, 11) is 0. The molecule has 1 heterocycles. The predicted octanol–water partition coefficient (Wildman–Crippen LogP) is 2.13. The molecule has 2 rings (SSSR count). The Hall–Kier alpha value is -1.56. The molecular formula is C17H30N4O2. The van der Waals surface area contributed by atoms with Crippen molar-refractivity contribution in [3.63, 3.8) is 0 Å². The number of aryl methyl sites for hydroxylation is 3. The third kappa shape index (κ3) is 5.53. The molecule has 3 N–H and O–H groups in total. The molecule has 0 bridgehead atoms.